The van der Waals surface area contributed by atoms with Gasteiger partial charge < -0.3 is 4.74 Å². The van der Waals surface area contributed by atoms with Gasteiger partial charge in [0.2, 0.25) is 0 Å². The lowest BCUT2D eigenvalue weighted by atomic mass is 9.69. The molecule has 1 rings (SSSR count). The highest BCUT2D eigenvalue weighted by atomic mass is 31.1. The molecule has 5 atom stereocenters. The van der Waals surface area contributed by atoms with E-state index in [0.29, 0.717) is 0 Å². The summed E-state index contributed by atoms with van der Waals surface area (Å²) in [7, 11) is -0.579. The zero-order chi connectivity index (χ0) is 10.7. The maximum Gasteiger partial charge on any atom is 0.695 e. The summed E-state index contributed by atoms with van der Waals surface area (Å²) in [5, 5.41) is 0. The van der Waals surface area contributed by atoms with Crippen LogP contribution in [0.3, 0.4) is 0 Å². The molecule has 1 saturated heterocycles. The van der Waals surface area contributed by atoms with Crippen LogP contribution in [0.25, 0.3) is 0 Å². The minimum atomic E-state index is -2.54. The second-order valence-corrected chi connectivity index (χ2v) is 4.23. The van der Waals surface area contributed by atoms with Crippen molar-refractivity contribution in [3.05, 3.63) is 0 Å². The van der Waals surface area contributed by atoms with Crippen LogP contribution in [-0.2, 0) is 13.8 Å². The Kier molecular flexibility index (Phi) is 4.52. The SMILES string of the molecule is C[B][C@@H]1O[C@H](CC)C(O[P+](=O)O)[C@@H]1C. The van der Waals surface area contributed by atoms with Gasteiger partial charge in [0.15, 0.2) is 0 Å². The van der Waals surface area contributed by atoms with Crippen LogP contribution >= 0.6 is 8.25 Å². The van der Waals surface area contributed by atoms with Gasteiger partial charge in [-0.15, -0.1) is 9.42 Å². The molecule has 0 saturated carbocycles. The van der Waals surface area contributed by atoms with Crippen LogP contribution in [0.5, 0.6) is 0 Å². The van der Waals surface area contributed by atoms with Gasteiger partial charge in [0.1, 0.15) is 13.4 Å². The van der Waals surface area contributed by atoms with E-state index in [1.807, 2.05) is 28.0 Å². The predicted molar refractivity (Wildman–Crippen MR) is 54.4 cm³/mol. The molecule has 1 N–H and O–H groups in total. The van der Waals surface area contributed by atoms with E-state index < -0.39 is 8.25 Å². The Hall–Kier alpha value is 0.0449. The quantitative estimate of drug-likeness (QED) is 0.574. The summed E-state index contributed by atoms with van der Waals surface area (Å²) < 4.78 is 21.3. The van der Waals surface area contributed by atoms with Gasteiger partial charge in [0.25, 0.3) is 0 Å². The van der Waals surface area contributed by atoms with Crippen LogP contribution in [0.1, 0.15) is 20.3 Å². The molecule has 6 heteroatoms. The summed E-state index contributed by atoms with van der Waals surface area (Å²) in [5.41, 5.74) is 0. The van der Waals surface area contributed by atoms with Gasteiger partial charge in [-0.1, -0.05) is 20.7 Å². The normalized spacial score (nSPS) is 38.4. The minimum absolute atomic E-state index is 0.0277. The Morgan fingerprint density at radius 2 is 2.29 bits per heavy atom. The Morgan fingerprint density at radius 1 is 1.64 bits per heavy atom. The lowest BCUT2D eigenvalue weighted by Crippen LogP contribution is -2.27. The van der Waals surface area contributed by atoms with Gasteiger partial charge in [0.05, 0.1) is 6.10 Å². The molecule has 0 aromatic rings. The molecular weight excluding hydrogens is 202 g/mol. The molecule has 4 nitrogen and oxygen atoms in total. The van der Waals surface area contributed by atoms with E-state index in [0.717, 1.165) is 6.42 Å². The van der Waals surface area contributed by atoms with E-state index >= 15 is 0 Å². The summed E-state index contributed by atoms with van der Waals surface area (Å²) in [5.74, 6) is 0.135. The van der Waals surface area contributed by atoms with Crippen LogP contribution in [0.15, 0.2) is 0 Å². The first-order valence-corrected chi connectivity index (χ1v) is 6.01. The first-order chi connectivity index (χ1) is 6.60. The van der Waals surface area contributed by atoms with E-state index in [4.69, 9.17) is 14.2 Å². The number of hydrogen-bond acceptors (Lipinski definition) is 3. The second kappa shape index (κ2) is 5.22. The Balaban J connectivity index is 2.64. The van der Waals surface area contributed by atoms with Crippen molar-refractivity contribution in [1.29, 1.82) is 0 Å². The molecule has 1 aliphatic heterocycles. The molecular formula is C8H16BO4P+. The highest BCUT2D eigenvalue weighted by Crippen LogP contribution is 2.35. The van der Waals surface area contributed by atoms with Gasteiger partial charge >= 0.3 is 8.25 Å². The molecule has 0 aromatic heterocycles. The molecule has 2 unspecified atom stereocenters. The van der Waals surface area contributed by atoms with Crippen LogP contribution in [0.2, 0.25) is 6.82 Å². The zero-order valence-corrected chi connectivity index (χ0v) is 9.61. The molecule has 1 heterocycles. The third kappa shape index (κ3) is 2.54. The Morgan fingerprint density at radius 3 is 2.71 bits per heavy atom. The number of hydrogen-bond donors (Lipinski definition) is 1. The zero-order valence-electron chi connectivity index (χ0n) is 8.71. The van der Waals surface area contributed by atoms with E-state index in [1.54, 1.807) is 0 Å². The second-order valence-electron chi connectivity index (χ2n) is 3.55. The van der Waals surface area contributed by atoms with Crippen LogP contribution in [0.4, 0.5) is 0 Å². The van der Waals surface area contributed by atoms with E-state index in [-0.39, 0.29) is 24.1 Å². The molecule has 0 aromatic carbocycles. The summed E-state index contributed by atoms with van der Waals surface area (Å²) in [6.07, 6.45) is 0.454. The van der Waals surface area contributed by atoms with E-state index in [1.165, 1.54) is 0 Å². The number of ether oxygens (including phenoxy) is 1. The fourth-order valence-electron chi connectivity index (χ4n) is 1.91. The van der Waals surface area contributed by atoms with Crippen molar-refractivity contribution in [2.75, 3.05) is 0 Å². The first-order valence-electron chi connectivity index (χ1n) is 4.88. The van der Waals surface area contributed by atoms with Crippen molar-refractivity contribution >= 4 is 15.5 Å². The maximum atomic E-state index is 10.6. The van der Waals surface area contributed by atoms with E-state index in [9.17, 15) is 4.57 Å². The van der Waals surface area contributed by atoms with Crippen molar-refractivity contribution in [3.63, 3.8) is 0 Å². The molecule has 14 heavy (non-hydrogen) atoms. The smallest absolute Gasteiger partial charge is 0.381 e. The summed E-state index contributed by atoms with van der Waals surface area (Å²) in [6, 6.07) is 0.0277. The van der Waals surface area contributed by atoms with Gasteiger partial charge in [-0.05, 0) is 6.42 Å². The predicted octanol–water partition coefficient (Wildman–Crippen LogP) is 1.54. The fourth-order valence-corrected chi connectivity index (χ4v) is 2.44. The van der Waals surface area contributed by atoms with Gasteiger partial charge in [-0.25, -0.2) is 0 Å². The largest absolute Gasteiger partial charge is 0.695 e. The highest BCUT2D eigenvalue weighted by Gasteiger charge is 2.45. The van der Waals surface area contributed by atoms with Crippen molar-refractivity contribution < 1.29 is 18.7 Å². The topological polar surface area (TPSA) is 55.8 Å². The molecule has 1 fully saturated rings. The average molecular weight is 218 g/mol. The third-order valence-corrected chi connectivity index (χ3v) is 3.10. The van der Waals surface area contributed by atoms with Gasteiger partial charge in [-0.3, -0.25) is 0 Å². The van der Waals surface area contributed by atoms with Gasteiger partial charge in [0, 0.05) is 16.5 Å². The lowest BCUT2D eigenvalue weighted by molar-refractivity contribution is 0.0378. The van der Waals surface area contributed by atoms with Crippen LogP contribution in [0, 0.1) is 5.92 Å². The van der Waals surface area contributed by atoms with E-state index in [2.05, 4.69) is 0 Å². The van der Waals surface area contributed by atoms with Gasteiger partial charge in [-0.2, -0.15) is 0 Å². The first kappa shape index (κ1) is 12.1. The summed E-state index contributed by atoms with van der Waals surface area (Å²) in [6.45, 7) is 5.88. The minimum Gasteiger partial charge on any atom is -0.381 e. The third-order valence-electron chi connectivity index (χ3n) is 2.68. The average Bonchev–Trinajstić information content (AvgIpc) is 2.43. The van der Waals surface area contributed by atoms with Crippen molar-refractivity contribution in [2.45, 2.75) is 45.3 Å². The molecule has 0 bridgehead atoms. The summed E-state index contributed by atoms with van der Waals surface area (Å²) in [4.78, 5) is 8.72. The standard InChI is InChI=1S/C8H15BO4P/c1-4-6-7(13-14(10)11)5(2)8(9-3)12-6/h5-8H,4H2,1-3H3/p+1/t5-,6+,7?,8+/m0/s1. The molecule has 79 valence electrons. The van der Waals surface area contributed by atoms with Crippen molar-refractivity contribution in [1.82, 2.24) is 0 Å². The summed E-state index contributed by atoms with van der Waals surface area (Å²) >= 11 is 0. The highest BCUT2D eigenvalue weighted by molar-refractivity contribution is 7.32. The van der Waals surface area contributed by atoms with Crippen LogP contribution in [-0.4, -0.2) is 30.4 Å². The number of rotatable bonds is 4. The monoisotopic (exact) mass is 218 g/mol. The van der Waals surface area contributed by atoms with Crippen molar-refractivity contribution in [3.8, 4) is 0 Å². The molecule has 0 spiro atoms. The fraction of sp³-hybridized carbons (Fsp3) is 1.00. The molecule has 0 amide bonds. The van der Waals surface area contributed by atoms with Crippen molar-refractivity contribution in [2.24, 2.45) is 5.92 Å². The Bertz CT molecular complexity index is 212. The lowest BCUT2D eigenvalue weighted by Gasteiger charge is -2.12. The maximum absolute atomic E-state index is 10.6. The van der Waals surface area contributed by atoms with Crippen LogP contribution < -0.4 is 0 Å². The molecule has 0 aliphatic carbocycles. The Labute approximate surface area is 86.2 Å². The molecule has 1 aliphatic rings. The molecule has 1 radical (unpaired) electrons.